The van der Waals surface area contributed by atoms with Gasteiger partial charge in [-0.3, -0.25) is 9.59 Å². The summed E-state index contributed by atoms with van der Waals surface area (Å²) < 4.78 is 1.91. The maximum Gasteiger partial charge on any atom is 0.251 e. The van der Waals surface area contributed by atoms with Gasteiger partial charge in [-0.2, -0.15) is 0 Å². The number of primary amides is 1. The van der Waals surface area contributed by atoms with E-state index in [2.05, 4.69) is 17.2 Å². The summed E-state index contributed by atoms with van der Waals surface area (Å²) in [6, 6.07) is 3.94. The van der Waals surface area contributed by atoms with Crippen molar-refractivity contribution in [1.82, 2.24) is 9.38 Å². The van der Waals surface area contributed by atoms with Gasteiger partial charge in [0, 0.05) is 17.3 Å². The van der Waals surface area contributed by atoms with E-state index in [1.165, 1.54) is 16.2 Å². The second-order valence-electron chi connectivity index (χ2n) is 7.30. The number of hydrogen-bond acceptors (Lipinski definition) is 4. The van der Waals surface area contributed by atoms with E-state index in [1.807, 2.05) is 35.9 Å². The number of pyridine rings is 1. The molecule has 140 valence electrons. The van der Waals surface area contributed by atoms with Crippen LogP contribution in [0.2, 0.25) is 0 Å². The topological polar surface area (TPSA) is 89.5 Å². The first-order valence-corrected chi connectivity index (χ1v) is 9.91. The molecular weight excluding hydrogens is 360 g/mol. The number of aryl methyl sites for hydroxylation is 1. The Balaban J connectivity index is 1.57. The SMILES string of the molecule is Cc1cccn2cc(CC(=O)Nc3sc4c(c3C(N)=O)CCC(C)C4)nc12. The van der Waals surface area contributed by atoms with Crippen molar-refractivity contribution in [2.24, 2.45) is 11.7 Å². The van der Waals surface area contributed by atoms with Crippen LogP contribution in [0.15, 0.2) is 24.5 Å². The Morgan fingerprint density at radius 1 is 1.44 bits per heavy atom. The molecule has 3 aromatic heterocycles. The number of nitrogens with zero attached hydrogens (tertiary/aromatic N) is 2. The standard InChI is InChI=1S/C20H22N4O2S/c1-11-5-6-14-15(8-11)27-20(17(14)18(21)26)23-16(25)9-13-10-24-7-3-4-12(2)19(24)22-13/h3-4,7,10-11H,5-6,8-9H2,1-2H3,(H2,21,26)(H,23,25). The molecule has 0 saturated heterocycles. The number of imidazole rings is 1. The van der Waals surface area contributed by atoms with Gasteiger partial charge in [0.25, 0.3) is 5.91 Å². The fraction of sp³-hybridized carbons (Fsp3) is 0.350. The van der Waals surface area contributed by atoms with Crippen molar-refractivity contribution in [3.8, 4) is 0 Å². The summed E-state index contributed by atoms with van der Waals surface area (Å²) in [6.45, 7) is 4.19. The van der Waals surface area contributed by atoms with Gasteiger partial charge >= 0.3 is 0 Å². The van der Waals surface area contributed by atoms with E-state index in [1.54, 1.807) is 0 Å². The number of nitrogens with two attached hydrogens (primary N) is 1. The van der Waals surface area contributed by atoms with E-state index in [9.17, 15) is 9.59 Å². The van der Waals surface area contributed by atoms with Crippen LogP contribution in [0.4, 0.5) is 5.00 Å². The number of hydrogen-bond donors (Lipinski definition) is 2. The minimum atomic E-state index is -0.472. The Morgan fingerprint density at radius 2 is 2.26 bits per heavy atom. The lowest BCUT2D eigenvalue weighted by Gasteiger charge is -2.18. The van der Waals surface area contributed by atoms with Crippen LogP contribution in [0.3, 0.4) is 0 Å². The highest BCUT2D eigenvalue weighted by atomic mass is 32.1. The van der Waals surface area contributed by atoms with Crippen LogP contribution in [-0.4, -0.2) is 21.2 Å². The first-order valence-electron chi connectivity index (χ1n) is 9.09. The molecule has 3 N–H and O–H groups in total. The molecule has 6 nitrogen and oxygen atoms in total. The van der Waals surface area contributed by atoms with Crippen LogP contribution >= 0.6 is 11.3 Å². The minimum absolute atomic E-state index is 0.151. The molecule has 0 aliphatic heterocycles. The summed E-state index contributed by atoms with van der Waals surface area (Å²) in [5.74, 6) is -0.0763. The molecule has 1 atom stereocenters. The van der Waals surface area contributed by atoms with Crippen molar-refractivity contribution in [3.05, 3.63) is 51.8 Å². The van der Waals surface area contributed by atoms with E-state index in [4.69, 9.17) is 5.73 Å². The highest BCUT2D eigenvalue weighted by molar-refractivity contribution is 7.17. The molecule has 1 unspecified atom stereocenters. The van der Waals surface area contributed by atoms with E-state index >= 15 is 0 Å². The van der Waals surface area contributed by atoms with Gasteiger partial charge in [-0.05, 0) is 49.3 Å². The smallest absolute Gasteiger partial charge is 0.251 e. The van der Waals surface area contributed by atoms with E-state index in [-0.39, 0.29) is 12.3 Å². The Labute approximate surface area is 161 Å². The lowest BCUT2D eigenvalue weighted by atomic mass is 9.88. The number of aromatic nitrogens is 2. The van der Waals surface area contributed by atoms with E-state index < -0.39 is 5.91 Å². The predicted molar refractivity (Wildman–Crippen MR) is 106 cm³/mol. The second-order valence-corrected chi connectivity index (χ2v) is 8.40. The van der Waals surface area contributed by atoms with Crippen LogP contribution in [0, 0.1) is 12.8 Å². The van der Waals surface area contributed by atoms with Crippen LogP contribution < -0.4 is 11.1 Å². The maximum absolute atomic E-state index is 12.6. The zero-order chi connectivity index (χ0) is 19.1. The van der Waals surface area contributed by atoms with Gasteiger partial charge in [0.1, 0.15) is 10.6 Å². The molecule has 0 fully saturated rings. The molecule has 1 aliphatic carbocycles. The van der Waals surface area contributed by atoms with Gasteiger partial charge in [-0.1, -0.05) is 13.0 Å². The number of carbonyl (C=O) groups excluding carboxylic acids is 2. The Morgan fingerprint density at radius 3 is 3.00 bits per heavy atom. The van der Waals surface area contributed by atoms with Crippen molar-refractivity contribution in [2.75, 3.05) is 5.32 Å². The minimum Gasteiger partial charge on any atom is -0.365 e. The molecule has 2 amide bonds. The number of rotatable bonds is 4. The lowest BCUT2D eigenvalue weighted by molar-refractivity contribution is -0.115. The molecule has 0 radical (unpaired) electrons. The lowest BCUT2D eigenvalue weighted by Crippen LogP contribution is -2.20. The molecule has 4 rings (SSSR count). The Bertz CT molecular complexity index is 1050. The Kier molecular flexibility index (Phi) is 4.47. The van der Waals surface area contributed by atoms with Crippen molar-refractivity contribution < 1.29 is 9.59 Å². The average Bonchev–Trinajstić information content (AvgIpc) is 3.15. The van der Waals surface area contributed by atoms with Crippen LogP contribution in [0.25, 0.3) is 5.65 Å². The molecule has 3 heterocycles. The van der Waals surface area contributed by atoms with Gasteiger partial charge in [-0.25, -0.2) is 4.98 Å². The average molecular weight is 382 g/mol. The number of anilines is 1. The van der Waals surface area contributed by atoms with Crippen LogP contribution in [-0.2, 0) is 24.1 Å². The monoisotopic (exact) mass is 382 g/mol. The number of amides is 2. The van der Waals surface area contributed by atoms with Gasteiger partial charge in [0.05, 0.1) is 17.7 Å². The molecule has 3 aromatic rings. The number of nitrogens with one attached hydrogen (secondary N) is 1. The second kappa shape index (κ2) is 6.81. The van der Waals surface area contributed by atoms with Crippen LogP contribution in [0.1, 0.15) is 45.4 Å². The molecule has 0 saturated carbocycles. The van der Waals surface area contributed by atoms with Crippen molar-refractivity contribution in [3.63, 3.8) is 0 Å². The summed E-state index contributed by atoms with van der Waals surface area (Å²) in [5, 5.41) is 3.48. The zero-order valence-electron chi connectivity index (χ0n) is 15.4. The highest BCUT2D eigenvalue weighted by Crippen LogP contribution is 2.39. The fourth-order valence-corrected chi connectivity index (χ4v) is 5.16. The van der Waals surface area contributed by atoms with E-state index in [0.717, 1.165) is 36.0 Å². The predicted octanol–water partition coefficient (Wildman–Crippen LogP) is 3.11. The molecule has 0 spiro atoms. The quantitative estimate of drug-likeness (QED) is 0.726. The van der Waals surface area contributed by atoms with Crippen LogP contribution in [0.5, 0.6) is 0 Å². The summed E-state index contributed by atoms with van der Waals surface area (Å²) in [6.07, 6.45) is 6.74. The van der Waals surface area contributed by atoms with Crippen molar-refractivity contribution in [1.29, 1.82) is 0 Å². The zero-order valence-corrected chi connectivity index (χ0v) is 16.2. The molecule has 7 heteroatoms. The maximum atomic E-state index is 12.6. The molecule has 1 aliphatic rings. The third-order valence-corrected chi connectivity index (χ3v) is 6.25. The van der Waals surface area contributed by atoms with Gasteiger partial charge < -0.3 is 15.5 Å². The molecule has 0 aromatic carbocycles. The summed E-state index contributed by atoms with van der Waals surface area (Å²) >= 11 is 1.48. The molecule has 0 bridgehead atoms. The summed E-state index contributed by atoms with van der Waals surface area (Å²) in [7, 11) is 0. The largest absolute Gasteiger partial charge is 0.365 e. The summed E-state index contributed by atoms with van der Waals surface area (Å²) in [4.78, 5) is 30.3. The fourth-order valence-electron chi connectivity index (χ4n) is 3.72. The number of thiophene rings is 1. The Hall–Kier alpha value is -2.67. The van der Waals surface area contributed by atoms with Crippen molar-refractivity contribution in [2.45, 2.75) is 39.5 Å². The number of carbonyl (C=O) groups is 2. The third-order valence-electron chi connectivity index (χ3n) is 5.08. The van der Waals surface area contributed by atoms with Crippen molar-refractivity contribution >= 4 is 33.8 Å². The van der Waals surface area contributed by atoms with Gasteiger partial charge in [0.2, 0.25) is 5.91 Å². The number of fused-ring (bicyclic) bond motifs is 2. The van der Waals surface area contributed by atoms with Gasteiger partial charge in [0.15, 0.2) is 0 Å². The third kappa shape index (κ3) is 3.35. The first-order chi connectivity index (χ1) is 12.9. The molecule has 27 heavy (non-hydrogen) atoms. The van der Waals surface area contributed by atoms with Gasteiger partial charge in [-0.15, -0.1) is 11.3 Å². The van der Waals surface area contributed by atoms with E-state index in [0.29, 0.717) is 22.2 Å². The highest BCUT2D eigenvalue weighted by Gasteiger charge is 2.27. The first kappa shape index (κ1) is 17.7. The molecular formula is C20H22N4O2S. The normalized spacial score (nSPS) is 16.3. The summed E-state index contributed by atoms with van der Waals surface area (Å²) in [5.41, 5.74) is 9.71.